The number of nitriles is 1. The number of hydrogen-bond donors (Lipinski definition) is 1. The van der Waals surface area contributed by atoms with Crippen molar-refractivity contribution in [2.24, 2.45) is 5.92 Å². The van der Waals surface area contributed by atoms with E-state index in [0.29, 0.717) is 32.0 Å². The van der Waals surface area contributed by atoms with Crippen molar-refractivity contribution in [3.63, 3.8) is 0 Å². The van der Waals surface area contributed by atoms with Gasteiger partial charge in [0.15, 0.2) is 0 Å². The first-order valence-corrected chi connectivity index (χ1v) is 11.3. The zero-order chi connectivity index (χ0) is 24.1. The molecular weight excluding hydrogens is 487 g/mol. The molecule has 3 rings (SSSR count). The van der Waals surface area contributed by atoms with Gasteiger partial charge in [-0.1, -0.05) is 41.4 Å². The Kier molecular flexibility index (Phi) is 8.03. The lowest BCUT2D eigenvalue weighted by Gasteiger charge is -2.31. The van der Waals surface area contributed by atoms with E-state index in [2.05, 4.69) is 11.4 Å². The Hall–Kier alpha value is -2.99. The average Bonchev–Trinajstić information content (AvgIpc) is 2.82. The monoisotopic (exact) mass is 504 g/mol. The fourth-order valence-electron chi connectivity index (χ4n) is 3.41. The zero-order valence-electron chi connectivity index (χ0n) is 17.6. The van der Waals surface area contributed by atoms with Crippen LogP contribution in [0.5, 0.6) is 0 Å². The summed E-state index contributed by atoms with van der Waals surface area (Å²) in [5.41, 5.74) is 1.77. The predicted octanol–water partition coefficient (Wildman–Crippen LogP) is 4.45. The minimum atomic E-state index is -1.27. The van der Waals surface area contributed by atoms with E-state index in [0.717, 1.165) is 5.56 Å². The summed E-state index contributed by atoms with van der Waals surface area (Å²) in [6.07, 6.45) is 0. The van der Waals surface area contributed by atoms with Gasteiger partial charge in [-0.2, -0.15) is 5.26 Å². The van der Waals surface area contributed by atoms with Crippen LogP contribution >= 0.6 is 35.0 Å². The van der Waals surface area contributed by atoms with Crippen LogP contribution in [0.3, 0.4) is 0 Å². The van der Waals surface area contributed by atoms with E-state index in [-0.39, 0.29) is 5.57 Å². The maximum atomic E-state index is 12.9. The van der Waals surface area contributed by atoms with Gasteiger partial charge in [0, 0.05) is 21.7 Å². The third-order valence-electron chi connectivity index (χ3n) is 5.06. The van der Waals surface area contributed by atoms with Crippen LogP contribution in [0.1, 0.15) is 27.4 Å². The van der Waals surface area contributed by atoms with Crippen molar-refractivity contribution in [2.75, 3.05) is 14.2 Å². The van der Waals surface area contributed by atoms with Crippen molar-refractivity contribution >= 4 is 52.8 Å². The van der Waals surface area contributed by atoms with Crippen LogP contribution in [0.2, 0.25) is 10.0 Å². The lowest BCUT2D eigenvalue weighted by molar-refractivity contribution is -0.150. The maximum Gasteiger partial charge on any atom is 0.337 e. The lowest BCUT2D eigenvalue weighted by atomic mass is 9.78. The van der Waals surface area contributed by atoms with Crippen molar-refractivity contribution in [1.82, 2.24) is 5.32 Å². The Labute approximate surface area is 204 Å². The van der Waals surface area contributed by atoms with Gasteiger partial charge in [0.2, 0.25) is 5.91 Å². The number of rotatable bonds is 6. The maximum absolute atomic E-state index is 12.9. The number of methoxy groups -OCH3 is 2. The second-order valence-electron chi connectivity index (χ2n) is 6.96. The first kappa shape index (κ1) is 24.6. The average molecular weight is 505 g/mol. The molecule has 0 aliphatic carbocycles. The lowest BCUT2D eigenvalue weighted by Crippen LogP contribution is -2.44. The Bertz CT molecular complexity index is 1170. The number of hydrogen-bond acceptors (Lipinski definition) is 7. The number of allylic oxidation sites excluding steroid dienone is 1. The van der Waals surface area contributed by atoms with Gasteiger partial charge in [0.05, 0.1) is 36.5 Å². The molecule has 1 heterocycles. The summed E-state index contributed by atoms with van der Waals surface area (Å²) in [5.74, 6) is -3.70. The topological polar surface area (TPSA) is 105 Å². The van der Waals surface area contributed by atoms with Crippen LogP contribution in [0, 0.1) is 17.2 Å². The molecule has 1 amide bonds. The highest BCUT2D eigenvalue weighted by Crippen LogP contribution is 2.41. The van der Waals surface area contributed by atoms with Gasteiger partial charge in [0.25, 0.3) is 0 Å². The summed E-state index contributed by atoms with van der Waals surface area (Å²) in [5, 5.41) is 13.9. The molecule has 0 spiro atoms. The van der Waals surface area contributed by atoms with Crippen LogP contribution < -0.4 is 5.32 Å². The smallest absolute Gasteiger partial charge is 0.337 e. The Morgan fingerprint density at radius 2 is 1.82 bits per heavy atom. The number of thioether (sulfide) groups is 1. The number of benzene rings is 2. The highest BCUT2D eigenvalue weighted by molar-refractivity contribution is 8.02. The molecule has 33 heavy (non-hydrogen) atoms. The third-order valence-corrected chi connectivity index (χ3v) is 6.71. The van der Waals surface area contributed by atoms with Gasteiger partial charge < -0.3 is 14.8 Å². The molecule has 7 nitrogen and oxygen atoms in total. The number of amides is 1. The van der Waals surface area contributed by atoms with E-state index in [1.807, 2.05) is 0 Å². The largest absolute Gasteiger partial charge is 0.468 e. The van der Waals surface area contributed by atoms with Crippen LogP contribution in [0.4, 0.5) is 0 Å². The molecule has 1 N–H and O–H groups in total. The molecule has 170 valence electrons. The van der Waals surface area contributed by atoms with E-state index in [4.69, 9.17) is 32.7 Å². The Balaban J connectivity index is 2.02. The minimum absolute atomic E-state index is 0.200. The van der Waals surface area contributed by atoms with Gasteiger partial charge >= 0.3 is 11.9 Å². The van der Waals surface area contributed by atoms with E-state index < -0.39 is 29.7 Å². The summed E-state index contributed by atoms with van der Waals surface area (Å²) >= 11 is 13.4. The quantitative estimate of drug-likeness (QED) is 0.457. The predicted molar refractivity (Wildman–Crippen MR) is 125 cm³/mol. The molecule has 1 aliphatic heterocycles. The van der Waals surface area contributed by atoms with Crippen molar-refractivity contribution in [3.05, 3.63) is 79.8 Å². The fraction of sp³-hybridized carbons (Fsp3) is 0.217. The van der Waals surface area contributed by atoms with Crippen molar-refractivity contribution in [1.29, 1.82) is 5.26 Å². The van der Waals surface area contributed by atoms with Crippen LogP contribution in [-0.4, -0.2) is 32.1 Å². The zero-order valence-corrected chi connectivity index (χ0v) is 19.9. The number of carbonyl (C=O) groups excluding carboxylic acids is 3. The summed E-state index contributed by atoms with van der Waals surface area (Å²) in [6, 6.07) is 13.4. The fourth-order valence-corrected chi connectivity index (χ4v) is 5.02. The number of ether oxygens (including phenoxy) is 2. The number of carbonyl (C=O) groups is 3. The van der Waals surface area contributed by atoms with E-state index >= 15 is 0 Å². The molecule has 0 unspecified atom stereocenters. The van der Waals surface area contributed by atoms with Gasteiger partial charge in [-0.15, -0.1) is 11.8 Å². The van der Waals surface area contributed by atoms with E-state index in [1.165, 1.54) is 38.1 Å². The molecular formula is C23H18Cl2N2O5S. The molecule has 0 radical (unpaired) electrons. The standard InChI is InChI=1S/C23H18Cl2N2O5S/c1-31-22(29)13-5-3-12(4-6-13)18-16(10-26)21(27-20(28)19(18)23(30)32-2)33-11-14-7-8-15(24)9-17(14)25/h3-9,18-19H,11H2,1-2H3,(H,27,28)/t18-,19-/m0/s1. The number of esters is 2. The summed E-state index contributed by atoms with van der Waals surface area (Å²) in [7, 11) is 2.44. The molecule has 2 atom stereocenters. The van der Waals surface area contributed by atoms with Gasteiger partial charge in [-0.3, -0.25) is 9.59 Å². The summed E-state index contributed by atoms with van der Waals surface area (Å²) < 4.78 is 9.54. The molecule has 0 saturated carbocycles. The number of nitrogens with one attached hydrogen (secondary N) is 1. The first-order chi connectivity index (χ1) is 15.8. The first-order valence-electron chi connectivity index (χ1n) is 9.58. The highest BCUT2D eigenvalue weighted by Gasteiger charge is 2.44. The Morgan fingerprint density at radius 3 is 2.39 bits per heavy atom. The molecule has 1 aliphatic rings. The number of nitrogens with zero attached hydrogens (tertiary/aromatic N) is 1. The molecule has 0 fully saturated rings. The molecule has 0 aromatic heterocycles. The SMILES string of the molecule is COC(=O)c1ccc([C@H]2C(C#N)=C(SCc3ccc(Cl)cc3Cl)NC(=O)[C@H]2C(=O)OC)cc1. The second kappa shape index (κ2) is 10.8. The normalized spacial score (nSPS) is 17.7. The molecule has 0 bridgehead atoms. The van der Waals surface area contributed by atoms with E-state index in [9.17, 15) is 19.6 Å². The molecule has 10 heteroatoms. The molecule has 0 saturated heterocycles. The second-order valence-corrected chi connectivity index (χ2v) is 8.79. The van der Waals surface area contributed by atoms with Crippen LogP contribution in [-0.2, 0) is 24.8 Å². The van der Waals surface area contributed by atoms with Gasteiger partial charge in [-0.25, -0.2) is 4.79 Å². The number of halogens is 2. The Morgan fingerprint density at radius 1 is 1.12 bits per heavy atom. The van der Waals surface area contributed by atoms with Crippen LogP contribution in [0.25, 0.3) is 0 Å². The van der Waals surface area contributed by atoms with Crippen molar-refractivity contribution in [3.8, 4) is 6.07 Å². The highest BCUT2D eigenvalue weighted by atomic mass is 35.5. The third kappa shape index (κ3) is 5.33. The summed E-state index contributed by atoms with van der Waals surface area (Å²) in [4.78, 5) is 37.2. The van der Waals surface area contributed by atoms with Crippen molar-refractivity contribution in [2.45, 2.75) is 11.7 Å². The molecule has 2 aromatic carbocycles. The molecule has 2 aromatic rings. The van der Waals surface area contributed by atoms with E-state index in [1.54, 1.807) is 30.3 Å². The van der Waals surface area contributed by atoms with Crippen molar-refractivity contribution < 1.29 is 23.9 Å². The summed E-state index contributed by atoms with van der Waals surface area (Å²) in [6.45, 7) is 0. The van der Waals surface area contributed by atoms with Gasteiger partial charge in [0.1, 0.15) is 5.92 Å². The van der Waals surface area contributed by atoms with Gasteiger partial charge in [-0.05, 0) is 35.4 Å². The minimum Gasteiger partial charge on any atom is -0.468 e. The van der Waals surface area contributed by atoms with Crippen LogP contribution in [0.15, 0.2) is 53.1 Å².